The normalized spacial score (nSPS) is 11.8. The molecule has 0 saturated heterocycles. The summed E-state index contributed by atoms with van der Waals surface area (Å²) < 4.78 is 29.4. The summed E-state index contributed by atoms with van der Waals surface area (Å²) in [7, 11) is -3.56. The van der Waals surface area contributed by atoms with Gasteiger partial charge in [0.05, 0.1) is 5.69 Å². The Morgan fingerprint density at radius 1 is 0.962 bits per heavy atom. The van der Waals surface area contributed by atoms with Crippen LogP contribution in [0.15, 0.2) is 52.7 Å². The van der Waals surface area contributed by atoms with Crippen molar-refractivity contribution in [3.05, 3.63) is 59.2 Å². The molecular formula is C17H15N5O2S2. The number of benzene rings is 1. The van der Waals surface area contributed by atoms with Gasteiger partial charge in [-0.2, -0.15) is 9.61 Å². The van der Waals surface area contributed by atoms with E-state index in [1.165, 1.54) is 11.3 Å². The maximum atomic E-state index is 12.4. The number of rotatable bonds is 4. The molecule has 0 bridgehead atoms. The largest absolute Gasteiger partial charge is 0.279 e. The Labute approximate surface area is 154 Å². The van der Waals surface area contributed by atoms with Crippen LogP contribution >= 0.6 is 11.3 Å². The van der Waals surface area contributed by atoms with Gasteiger partial charge in [-0.1, -0.05) is 12.1 Å². The average Bonchev–Trinajstić information content (AvgIpc) is 3.22. The van der Waals surface area contributed by atoms with Crippen LogP contribution in [0.25, 0.3) is 16.9 Å². The van der Waals surface area contributed by atoms with Crippen molar-refractivity contribution in [2.24, 2.45) is 0 Å². The summed E-state index contributed by atoms with van der Waals surface area (Å²) in [6.07, 6.45) is 0. The molecule has 0 unspecified atom stereocenters. The van der Waals surface area contributed by atoms with E-state index in [1.54, 1.807) is 28.8 Å². The van der Waals surface area contributed by atoms with Crippen molar-refractivity contribution < 1.29 is 8.42 Å². The average molecular weight is 385 g/mol. The van der Waals surface area contributed by atoms with E-state index in [0.717, 1.165) is 16.1 Å². The van der Waals surface area contributed by atoms with Crippen molar-refractivity contribution in [3.8, 4) is 11.3 Å². The van der Waals surface area contributed by atoms with Crippen LogP contribution in [-0.4, -0.2) is 28.2 Å². The zero-order chi connectivity index (χ0) is 18.3. The van der Waals surface area contributed by atoms with Crippen molar-refractivity contribution >= 4 is 32.7 Å². The number of sulfonamides is 1. The lowest BCUT2D eigenvalue weighted by atomic mass is 10.1. The van der Waals surface area contributed by atoms with E-state index in [4.69, 9.17) is 0 Å². The van der Waals surface area contributed by atoms with Crippen LogP contribution < -0.4 is 4.72 Å². The Hall–Kier alpha value is -2.78. The number of hydrogen-bond acceptors (Lipinski definition) is 6. The molecule has 9 heteroatoms. The molecule has 132 valence electrons. The fourth-order valence-corrected chi connectivity index (χ4v) is 4.86. The molecule has 0 aliphatic rings. The van der Waals surface area contributed by atoms with Gasteiger partial charge in [-0.05, 0) is 50.2 Å². The molecule has 0 fully saturated rings. The van der Waals surface area contributed by atoms with Gasteiger partial charge in [-0.3, -0.25) is 4.72 Å². The van der Waals surface area contributed by atoms with Crippen LogP contribution in [0.3, 0.4) is 0 Å². The predicted molar refractivity (Wildman–Crippen MR) is 101 cm³/mol. The van der Waals surface area contributed by atoms with Crippen LogP contribution in [0, 0.1) is 13.8 Å². The van der Waals surface area contributed by atoms with Gasteiger partial charge < -0.3 is 0 Å². The highest BCUT2D eigenvalue weighted by molar-refractivity contribution is 7.94. The Bertz CT molecular complexity index is 1190. The minimum absolute atomic E-state index is 0.300. The summed E-state index contributed by atoms with van der Waals surface area (Å²) in [4.78, 5) is 0.950. The van der Waals surface area contributed by atoms with Crippen LogP contribution in [0.2, 0.25) is 0 Å². The molecular weight excluding hydrogens is 370 g/mol. The van der Waals surface area contributed by atoms with Crippen LogP contribution in [0.4, 0.5) is 5.69 Å². The second-order valence-electron chi connectivity index (χ2n) is 5.78. The number of nitrogens with one attached hydrogen (secondary N) is 1. The minimum atomic E-state index is -3.56. The van der Waals surface area contributed by atoms with Crippen LogP contribution in [-0.2, 0) is 10.0 Å². The first-order chi connectivity index (χ1) is 12.4. The molecule has 0 spiro atoms. The standard InChI is InChI=1S/C17H15N5O2S2/c1-11-3-10-17(25-11)26(23,24)21-14-6-4-13(5-7-14)15-8-9-16-19-18-12(2)22(16)20-15/h3-10,21H,1-2H3. The van der Waals surface area contributed by atoms with E-state index in [9.17, 15) is 8.42 Å². The number of fused-ring (bicyclic) bond motifs is 1. The van der Waals surface area contributed by atoms with Gasteiger partial charge in [0.1, 0.15) is 4.21 Å². The number of aryl methyl sites for hydroxylation is 2. The van der Waals surface area contributed by atoms with Gasteiger partial charge in [0.2, 0.25) is 0 Å². The van der Waals surface area contributed by atoms with E-state index in [0.29, 0.717) is 21.4 Å². The lowest BCUT2D eigenvalue weighted by molar-refractivity contribution is 0.603. The highest BCUT2D eigenvalue weighted by Crippen LogP contribution is 2.25. The number of aromatic nitrogens is 4. The summed E-state index contributed by atoms with van der Waals surface area (Å²) in [6, 6.07) is 14.2. The summed E-state index contributed by atoms with van der Waals surface area (Å²) in [6.45, 7) is 3.71. The topological polar surface area (TPSA) is 89.2 Å². The predicted octanol–water partition coefficient (Wildman–Crippen LogP) is 3.27. The third-order valence-electron chi connectivity index (χ3n) is 3.83. The third kappa shape index (κ3) is 3.06. The lowest BCUT2D eigenvalue weighted by Crippen LogP contribution is -2.11. The first-order valence-corrected chi connectivity index (χ1v) is 10.1. The van der Waals surface area contributed by atoms with Crippen molar-refractivity contribution in [2.45, 2.75) is 18.1 Å². The fraction of sp³-hybridized carbons (Fsp3) is 0.118. The molecule has 7 nitrogen and oxygen atoms in total. The fourth-order valence-electron chi connectivity index (χ4n) is 2.52. The van der Waals surface area contributed by atoms with E-state index < -0.39 is 10.0 Å². The number of thiophene rings is 1. The summed E-state index contributed by atoms with van der Waals surface area (Å²) in [5.74, 6) is 0.706. The molecule has 0 aliphatic carbocycles. The SMILES string of the molecule is Cc1ccc(S(=O)(=O)Nc2ccc(-c3ccc4nnc(C)n4n3)cc2)s1. The lowest BCUT2D eigenvalue weighted by Gasteiger charge is -2.07. The van der Waals surface area contributed by atoms with Gasteiger partial charge >= 0.3 is 0 Å². The maximum absolute atomic E-state index is 12.4. The van der Waals surface area contributed by atoms with Gasteiger partial charge in [0.15, 0.2) is 11.5 Å². The smallest absolute Gasteiger partial charge is 0.271 e. The van der Waals surface area contributed by atoms with Gasteiger partial charge in [-0.25, -0.2) is 8.42 Å². The zero-order valence-corrected chi connectivity index (χ0v) is 15.7. The highest BCUT2D eigenvalue weighted by Gasteiger charge is 2.16. The molecule has 0 aliphatic heterocycles. The minimum Gasteiger partial charge on any atom is -0.279 e. The number of anilines is 1. The first-order valence-electron chi connectivity index (χ1n) is 7.81. The Balaban J connectivity index is 1.61. The molecule has 4 aromatic rings. The summed E-state index contributed by atoms with van der Waals surface area (Å²) in [5.41, 5.74) is 2.81. The van der Waals surface area contributed by atoms with E-state index >= 15 is 0 Å². The van der Waals surface area contributed by atoms with Gasteiger partial charge in [-0.15, -0.1) is 21.5 Å². The first kappa shape index (κ1) is 16.7. The van der Waals surface area contributed by atoms with Crippen molar-refractivity contribution in [2.75, 3.05) is 4.72 Å². The third-order valence-corrected chi connectivity index (χ3v) is 6.71. The molecule has 1 aromatic carbocycles. The van der Waals surface area contributed by atoms with Crippen molar-refractivity contribution in [1.82, 2.24) is 19.8 Å². The summed E-state index contributed by atoms with van der Waals surface area (Å²) >= 11 is 1.24. The maximum Gasteiger partial charge on any atom is 0.271 e. The molecule has 26 heavy (non-hydrogen) atoms. The number of hydrogen-bond donors (Lipinski definition) is 1. The van der Waals surface area contributed by atoms with E-state index in [2.05, 4.69) is 20.0 Å². The second kappa shape index (κ2) is 6.19. The summed E-state index contributed by atoms with van der Waals surface area (Å²) in [5, 5.41) is 12.5. The van der Waals surface area contributed by atoms with Crippen molar-refractivity contribution in [3.63, 3.8) is 0 Å². The Morgan fingerprint density at radius 2 is 1.73 bits per heavy atom. The van der Waals surface area contributed by atoms with Crippen LogP contribution in [0.5, 0.6) is 0 Å². The van der Waals surface area contributed by atoms with Crippen molar-refractivity contribution in [1.29, 1.82) is 0 Å². The molecule has 0 amide bonds. The molecule has 1 N–H and O–H groups in total. The quantitative estimate of drug-likeness (QED) is 0.582. The molecule has 0 saturated carbocycles. The molecule has 0 atom stereocenters. The number of nitrogens with zero attached hydrogens (tertiary/aromatic N) is 4. The molecule has 3 aromatic heterocycles. The zero-order valence-electron chi connectivity index (χ0n) is 14.0. The van der Waals surface area contributed by atoms with Crippen LogP contribution in [0.1, 0.15) is 10.7 Å². The van der Waals surface area contributed by atoms with E-state index in [-0.39, 0.29) is 0 Å². The Kier molecular flexibility index (Phi) is 3.97. The molecule has 3 heterocycles. The highest BCUT2D eigenvalue weighted by atomic mass is 32.2. The second-order valence-corrected chi connectivity index (χ2v) is 8.98. The van der Waals surface area contributed by atoms with Gasteiger partial charge in [0, 0.05) is 16.1 Å². The van der Waals surface area contributed by atoms with E-state index in [1.807, 2.05) is 38.1 Å². The monoisotopic (exact) mass is 385 g/mol. The molecule has 4 rings (SSSR count). The Morgan fingerprint density at radius 3 is 2.42 bits per heavy atom. The molecule has 0 radical (unpaired) electrons. The van der Waals surface area contributed by atoms with Gasteiger partial charge in [0.25, 0.3) is 10.0 Å².